The standard InChI is InChI=1S/C12H22F4N2.2C2H6/c1-2-3-4-8-18(16)9-6-11-10(5-7-17-11)12(13,14)15;2*1-2/h10-11,17H,2-9H2,1H3;2*1-2H3. The van der Waals surface area contributed by atoms with Gasteiger partial charge < -0.3 is 5.32 Å². The van der Waals surface area contributed by atoms with Crippen LogP contribution in [0, 0.1) is 5.92 Å². The van der Waals surface area contributed by atoms with Crippen LogP contribution in [0.1, 0.15) is 66.7 Å². The summed E-state index contributed by atoms with van der Waals surface area (Å²) < 4.78 is 51.2. The second-order valence-electron chi connectivity index (χ2n) is 4.90. The summed E-state index contributed by atoms with van der Waals surface area (Å²) in [5.74, 6) is -1.32. The molecule has 1 heterocycles. The highest BCUT2D eigenvalue weighted by atomic mass is 19.4. The molecule has 2 atom stereocenters. The number of rotatable bonds is 7. The van der Waals surface area contributed by atoms with Gasteiger partial charge in [-0.15, -0.1) is 9.60 Å². The molecule has 1 saturated heterocycles. The summed E-state index contributed by atoms with van der Waals surface area (Å²) in [6.45, 7) is 10.8. The molecule has 1 aliphatic heterocycles. The SMILES string of the molecule is CC.CC.CCCCCN(F)CCC1NCCC1C(F)(F)F. The van der Waals surface area contributed by atoms with Crippen LogP contribution >= 0.6 is 0 Å². The minimum absolute atomic E-state index is 0.0773. The fourth-order valence-corrected chi connectivity index (χ4v) is 2.39. The fourth-order valence-electron chi connectivity index (χ4n) is 2.39. The first-order valence-corrected chi connectivity index (χ1v) is 8.66. The molecule has 1 rings (SSSR count). The van der Waals surface area contributed by atoms with Gasteiger partial charge in [0, 0.05) is 19.1 Å². The fraction of sp³-hybridized carbons (Fsp3) is 1.00. The van der Waals surface area contributed by atoms with Crippen LogP contribution in [-0.4, -0.2) is 37.0 Å². The Morgan fingerprint density at radius 2 is 1.64 bits per heavy atom. The van der Waals surface area contributed by atoms with Crippen molar-refractivity contribution in [3.8, 4) is 0 Å². The van der Waals surface area contributed by atoms with Crippen molar-refractivity contribution in [3.05, 3.63) is 0 Å². The van der Waals surface area contributed by atoms with Crippen LogP contribution in [0.2, 0.25) is 0 Å². The molecule has 0 aromatic rings. The summed E-state index contributed by atoms with van der Waals surface area (Å²) in [6.07, 6.45) is -1.13. The molecule has 1 aliphatic rings. The first-order chi connectivity index (χ1) is 10.4. The van der Waals surface area contributed by atoms with E-state index in [1.807, 2.05) is 34.6 Å². The van der Waals surface area contributed by atoms with Gasteiger partial charge in [-0.25, -0.2) is 0 Å². The van der Waals surface area contributed by atoms with Crippen molar-refractivity contribution >= 4 is 0 Å². The molecule has 1 fully saturated rings. The number of nitrogens with zero attached hydrogens (tertiary/aromatic N) is 1. The van der Waals surface area contributed by atoms with Crippen LogP contribution < -0.4 is 5.32 Å². The lowest BCUT2D eigenvalue weighted by Crippen LogP contribution is -2.37. The van der Waals surface area contributed by atoms with Crippen molar-refractivity contribution in [1.82, 2.24) is 10.4 Å². The van der Waals surface area contributed by atoms with Gasteiger partial charge in [-0.2, -0.15) is 13.2 Å². The van der Waals surface area contributed by atoms with Gasteiger partial charge in [0.15, 0.2) is 0 Å². The Bertz CT molecular complexity index is 235. The molecule has 0 aromatic heterocycles. The molecule has 22 heavy (non-hydrogen) atoms. The van der Waals surface area contributed by atoms with E-state index in [-0.39, 0.29) is 19.4 Å². The van der Waals surface area contributed by atoms with Gasteiger partial charge in [0.25, 0.3) is 0 Å². The quantitative estimate of drug-likeness (QED) is 0.385. The van der Waals surface area contributed by atoms with E-state index in [1.165, 1.54) is 0 Å². The van der Waals surface area contributed by atoms with E-state index in [0.29, 0.717) is 18.2 Å². The third-order valence-electron chi connectivity index (χ3n) is 3.46. The van der Waals surface area contributed by atoms with E-state index >= 15 is 0 Å². The zero-order valence-corrected chi connectivity index (χ0v) is 14.8. The zero-order chi connectivity index (χ0) is 17.6. The lowest BCUT2D eigenvalue weighted by Gasteiger charge is -2.23. The van der Waals surface area contributed by atoms with Gasteiger partial charge in [0.05, 0.1) is 5.92 Å². The van der Waals surface area contributed by atoms with E-state index in [9.17, 15) is 17.7 Å². The maximum Gasteiger partial charge on any atom is 0.393 e. The van der Waals surface area contributed by atoms with E-state index in [0.717, 1.165) is 19.3 Å². The van der Waals surface area contributed by atoms with Crippen LogP contribution in [-0.2, 0) is 0 Å². The summed E-state index contributed by atoms with van der Waals surface area (Å²) in [5.41, 5.74) is 0. The van der Waals surface area contributed by atoms with Crippen LogP contribution in [0.5, 0.6) is 0 Å². The molecule has 2 unspecified atom stereocenters. The van der Waals surface area contributed by atoms with Crippen LogP contribution in [0.4, 0.5) is 17.7 Å². The molecule has 136 valence electrons. The van der Waals surface area contributed by atoms with Gasteiger partial charge in [0.2, 0.25) is 0 Å². The maximum atomic E-state index is 13.3. The highest BCUT2D eigenvalue weighted by Gasteiger charge is 2.46. The molecule has 1 N–H and O–H groups in total. The highest BCUT2D eigenvalue weighted by molar-refractivity contribution is 4.88. The van der Waals surface area contributed by atoms with Crippen molar-refractivity contribution < 1.29 is 17.7 Å². The van der Waals surface area contributed by atoms with Crippen molar-refractivity contribution in [1.29, 1.82) is 0 Å². The number of alkyl halides is 3. The Labute approximate surface area is 133 Å². The Morgan fingerprint density at radius 1 is 1.05 bits per heavy atom. The van der Waals surface area contributed by atoms with Crippen LogP contribution in [0.25, 0.3) is 0 Å². The van der Waals surface area contributed by atoms with Crippen molar-refractivity contribution in [2.45, 2.75) is 78.9 Å². The molecule has 0 saturated carbocycles. The van der Waals surface area contributed by atoms with Crippen molar-refractivity contribution in [2.75, 3.05) is 19.6 Å². The van der Waals surface area contributed by atoms with E-state index in [2.05, 4.69) is 5.32 Å². The predicted molar refractivity (Wildman–Crippen MR) is 85.5 cm³/mol. The summed E-state index contributed by atoms with van der Waals surface area (Å²) in [4.78, 5) is 0. The summed E-state index contributed by atoms with van der Waals surface area (Å²) in [7, 11) is 0. The van der Waals surface area contributed by atoms with Gasteiger partial charge in [-0.1, -0.05) is 47.5 Å². The molecule has 0 radical (unpaired) electrons. The topological polar surface area (TPSA) is 15.3 Å². The van der Waals surface area contributed by atoms with Crippen molar-refractivity contribution in [3.63, 3.8) is 0 Å². The number of halogens is 4. The average molecular weight is 330 g/mol. The van der Waals surface area contributed by atoms with Gasteiger partial charge in [-0.05, 0) is 25.8 Å². The first-order valence-electron chi connectivity index (χ1n) is 8.66. The van der Waals surface area contributed by atoms with Crippen LogP contribution in [0.15, 0.2) is 0 Å². The molecular weight excluding hydrogens is 296 g/mol. The molecule has 0 bridgehead atoms. The summed E-state index contributed by atoms with van der Waals surface area (Å²) in [6, 6.07) is -0.630. The monoisotopic (exact) mass is 330 g/mol. The smallest absolute Gasteiger partial charge is 0.313 e. The maximum absolute atomic E-state index is 13.3. The molecule has 0 aromatic carbocycles. The zero-order valence-electron chi connectivity index (χ0n) is 14.8. The second kappa shape index (κ2) is 14.2. The number of unbranched alkanes of at least 4 members (excludes halogenated alkanes) is 2. The lowest BCUT2D eigenvalue weighted by atomic mass is 9.97. The summed E-state index contributed by atoms with van der Waals surface area (Å²) >= 11 is 0. The largest absolute Gasteiger partial charge is 0.393 e. The van der Waals surface area contributed by atoms with Gasteiger partial charge >= 0.3 is 6.18 Å². The molecule has 2 nitrogen and oxygen atoms in total. The first kappa shape index (κ1) is 23.9. The second-order valence-corrected chi connectivity index (χ2v) is 4.90. The summed E-state index contributed by atoms with van der Waals surface area (Å²) in [5, 5.41) is 3.46. The van der Waals surface area contributed by atoms with Gasteiger partial charge in [-0.3, -0.25) is 0 Å². The number of hydrogen-bond acceptors (Lipinski definition) is 2. The van der Waals surface area contributed by atoms with Crippen LogP contribution in [0.3, 0.4) is 0 Å². The van der Waals surface area contributed by atoms with E-state index < -0.39 is 18.1 Å². The molecular formula is C16H34F4N2. The minimum atomic E-state index is -4.17. The molecule has 0 spiro atoms. The number of hydrogen-bond donors (Lipinski definition) is 1. The lowest BCUT2D eigenvalue weighted by molar-refractivity contribution is -0.177. The Balaban J connectivity index is 0. The minimum Gasteiger partial charge on any atom is -0.313 e. The van der Waals surface area contributed by atoms with Gasteiger partial charge in [0.1, 0.15) is 0 Å². The number of nitrogens with one attached hydrogen (secondary N) is 1. The average Bonchev–Trinajstić information content (AvgIpc) is 2.98. The molecule has 0 aliphatic carbocycles. The van der Waals surface area contributed by atoms with E-state index in [4.69, 9.17) is 0 Å². The Hall–Kier alpha value is -0.360. The van der Waals surface area contributed by atoms with E-state index in [1.54, 1.807) is 0 Å². The molecule has 6 heteroatoms. The Kier molecular flexibility index (Phi) is 15.5. The molecule has 0 amide bonds. The Morgan fingerprint density at radius 3 is 2.14 bits per heavy atom. The van der Waals surface area contributed by atoms with Crippen molar-refractivity contribution in [2.24, 2.45) is 5.92 Å². The normalized spacial score (nSPS) is 21.0. The predicted octanol–water partition coefficient (Wildman–Crippen LogP) is 5.35. The highest BCUT2D eigenvalue weighted by Crippen LogP contribution is 2.35. The third kappa shape index (κ3) is 10.4. The third-order valence-corrected chi connectivity index (χ3v) is 3.46.